The fourth-order valence-corrected chi connectivity index (χ4v) is 11.0. The van der Waals surface area contributed by atoms with Gasteiger partial charge in [0.2, 0.25) is 5.91 Å². The predicted molar refractivity (Wildman–Crippen MR) is 326 cm³/mol. The second kappa shape index (κ2) is 37.9. The summed E-state index contributed by atoms with van der Waals surface area (Å²) in [5, 5.41) is 7.72. The molecule has 5 rings (SSSR count). The van der Waals surface area contributed by atoms with Gasteiger partial charge in [-0.3, -0.25) is 10.5 Å². The van der Waals surface area contributed by atoms with E-state index in [1.807, 2.05) is 12.1 Å². The second-order valence-electron chi connectivity index (χ2n) is 21.9. The quantitative estimate of drug-likeness (QED) is 0.0226. The molecule has 76 heavy (non-hydrogen) atoms. The Morgan fingerprint density at radius 3 is 1.91 bits per heavy atom. The van der Waals surface area contributed by atoms with Crippen LogP contribution >= 0.6 is 0 Å². The van der Waals surface area contributed by atoms with E-state index in [0.717, 1.165) is 128 Å². The van der Waals surface area contributed by atoms with Crippen molar-refractivity contribution in [3.05, 3.63) is 108 Å². The highest BCUT2D eigenvalue weighted by Gasteiger charge is 2.47. The van der Waals surface area contributed by atoms with Crippen molar-refractivity contribution in [3.8, 4) is 12.3 Å². The highest BCUT2D eigenvalue weighted by atomic mass is 16.5. The Labute approximate surface area is 464 Å². The lowest BCUT2D eigenvalue weighted by Crippen LogP contribution is -2.42. The molecule has 424 valence electrons. The summed E-state index contributed by atoms with van der Waals surface area (Å²) in [7, 11) is 0. The van der Waals surface area contributed by atoms with Crippen molar-refractivity contribution in [1.29, 1.82) is 0 Å². The molecule has 0 saturated heterocycles. The Bertz CT molecular complexity index is 2160. The number of unbranched alkanes of at least 4 members (excludes halogenated alkanes) is 21. The van der Waals surface area contributed by atoms with Crippen LogP contribution < -0.4 is 22.1 Å². The maximum atomic E-state index is 13.6. The lowest BCUT2D eigenvalue weighted by Gasteiger charge is -2.44. The van der Waals surface area contributed by atoms with Crippen molar-refractivity contribution in [2.24, 2.45) is 16.9 Å². The Morgan fingerprint density at radius 1 is 0.789 bits per heavy atom. The Kier molecular flexibility index (Phi) is 32.7. The molecular formula is C67H108N6O3. The zero-order valence-corrected chi connectivity index (χ0v) is 49.1. The van der Waals surface area contributed by atoms with E-state index in [1.54, 1.807) is 6.92 Å². The molecule has 0 aliphatic carbocycles. The third-order valence-corrected chi connectivity index (χ3v) is 15.5. The van der Waals surface area contributed by atoms with Crippen molar-refractivity contribution < 1.29 is 14.3 Å². The molecule has 3 aliphatic heterocycles. The smallest absolute Gasteiger partial charge is 0.221 e. The molecule has 4 heterocycles. The summed E-state index contributed by atoms with van der Waals surface area (Å²) in [6.45, 7) is 30.9. The average Bonchev–Trinajstić information content (AvgIpc) is 3.76. The second-order valence-corrected chi connectivity index (χ2v) is 21.9. The first-order chi connectivity index (χ1) is 36.9. The minimum absolute atomic E-state index is 0.0266. The number of hydrogen-bond donors (Lipinski definition) is 4. The highest BCUT2D eigenvalue weighted by molar-refractivity contribution is 5.86. The van der Waals surface area contributed by atoms with E-state index in [-0.39, 0.29) is 12.3 Å². The zero-order chi connectivity index (χ0) is 55.4. The van der Waals surface area contributed by atoms with Gasteiger partial charge in [0.15, 0.2) is 5.72 Å². The van der Waals surface area contributed by atoms with Gasteiger partial charge in [-0.1, -0.05) is 207 Å². The number of rotatable bonds is 39. The number of allylic oxidation sites excluding steroid dienone is 4. The first-order valence-electron chi connectivity index (χ1n) is 30.4. The van der Waals surface area contributed by atoms with Crippen LogP contribution in [0.3, 0.4) is 0 Å². The maximum Gasteiger partial charge on any atom is 0.221 e. The SMILES string of the molecule is C#CC.C=C(CCCCCCCC(=C)O[C@@](N)(CCC)CCCCCCCCCCCCCCCCCCC)NCCNC(=O)C[C@]1(CC)C(=C)OCC2=C1C=C1c3nc4ccccc4cc3CN1C2=C.CCCCN. The summed E-state index contributed by atoms with van der Waals surface area (Å²) < 4.78 is 12.6. The number of aromatic nitrogens is 1. The lowest BCUT2D eigenvalue weighted by atomic mass is 9.68. The van der Waals surface area contributed by atoms with Crippen molar-refractivity contribution in [2.45, 2.75) is 246 Å². The van der Waals surface area contributed by atoms with Gasteiger partial charge in [-0.05, 0) is 75.8 Å². The topological polar surface area (TPSA) is 128 Å². The fourth-order valence-electron chi connectivity index (χ4n) is 11.0. The molecule has 0 saturated carbocycles. The molecule has 0 unspecified atom stereocenters. The molecule has 0 fully saturated rings. The van der Waals surface area contributed by atoms with E-state index in [2.05, 4.69) is 106 Å². The molecule has 3 aliphatic rings. The molecule has 6 N–H and O–H groups in total. The molecule has 0 radical (unpaired) electrons. The van der Waals surface area contributed by atoms with E-state index in [4.69, 9.17) is 25.9 Å². The standard InChI is InChI=1S/C60H93N5O3.C4H11N.C3H4/c1-8-11-12-13-14-15-16-17-18-19-20-21-22-23-24-28-33-39-60(61,38-9-2)68-48(5)35-30-27-25-26-29-34-47(4)62-40-41-63-57(66)44-59(10-3)50(7)67-46-53-49(6)65-45-52-42-51-36-31-32-37-55(51)64-58(52)56(65)43-54(53)59;1-2-3-4-5;1-3-2/h31-32,36-37,42-43,62H,4-30,33-35,38-41,44-46,61H2,1-3H3,(H,63,66);2-5H2,1H3;1H,2H3/t59-,60+;;/m1../s1. The number of fused-ring (bicyclic) bond motifs is 4. The monoisotopic (exact) mass is 1040 g/mol. The van der Waals surface area contributed by atoms with E-state index in [9.17, 15) is 4.79 Å². The molecule has 2 atom stereocenters. The third-order valence-electron chi connectivity index (χ3n) is 15.5. The van der Waals surface area contributed by atoms with E-state index in [0.29, 0.717) is 31.9 Å². The summed E-state index contributed by atoms with van der Waals surface area (Å²) >= 11 is 0. The average molecular weight is 1050 g/mol. The van der Waals surface area contributed by atoms with Gasteiger partial charge in [0, 0.05) is 66.7 Å². The van der Waals surface area contributed by atoms with Crippen LogP contribution in [0.2, 0.25) is 0 Å². The van der Waals surface area contributed by atoms with Crippen LogP contribution in [-0.2, 0) is 20.8 Å². The largest absolute Gasteiger partial charge is 0.493 e. The predicted octanol–water partition coefficient (Wildman–Crippen LogP) is 16.9. The van der Waals surface area contributed by atoms with Gasteiger partial charge in [-0.25, -0.2) is 4.98 Å². The number of nitrogens with one attached hydrogen (secondary N) is 2. The normalized spacial score (nSPS) is 16.1. The van der Waals surface area contributed by atoms with Gasteiger partial charge in [0.1, 0.15) is 12.4 Å². The number of carbonyl (C=O) groups is 1. The molecule has 1 aromatic carbocycles. The summed E-state index contributed by atoms with van der Waals surface area (Å²) in [6, 6.07) is 10.5. The van der Waals surface area contributed by atoms with Crippen LogP contribution in [0, 0.1) is 17.8 Å². The van der Waals surface area contributed by atoms with Crippen molar-refractivity contribution in [1.82, 2.24) is 20.5 Å². The van der Waals surface area contributed by atoms with Crippen molar-refractivity contribution in [3.63, 3.8) is 0 Å². The minimum atomic E-state index is -0.661. The first-order valence-corrected chi connectivity index (χ1v) is 30.4. The summed E-state index contributed by atoms with van der Waals surface area (Å²) in [4.78, 5) is 20.9. The number of benzene rings is 1. The van der Waals surface area contributed by atoms with Gasteiger partial charge in [-0.15, -0.1) is 12.3 Å². The molecule has 2 aromatic rings. The number of nitrogens with two attached hydrogens (primary N) is 2. The van der Waals surface area contributed by atoms with E-state index in [1.165, 1.54) is 128 Å². The highest BCUT2D eigenvalue weighted by Crippen LogP contribution is 2.53. The fraction of sp³-hybridized carbons (Fsp3) is 0.642. The summed E-state index contributed by atoms with van der Waals surface area (Å²) in [6.07, 6.45) is 43.8. The Balaban J connectivity index is 0.00000177. The number of carbonyl (C=O) groups excluding carboxylic acids is 1. The Hall–Kier alpha value is -4.78. The molecular weight excluding hydrogens is 937 g/mol. The van der Waals surface area contributed by atoms with Crippen molar-refractivity contribution >= 4 is 22.5 Å². The van der Waals surface area contributed by atoms with Gasteiger partial charge in [0.25, 0.3) is 0 Å². The molecule has 9 heteroatoms. The van der Waals surface area contributed by atoms with Crippen LogP contribution in [0.1, 0.15) is 245 Å². The number of terminal acetylenes is 1. The summed E-state index contributed by atoms with van der Waals surface area (Å²) in [5.74, 6) is 3.70. The number of nitrogens with zero attached hydrogens (tertiary/aromatic N) is 2. The number of amides is 1. The first kappa shape index (κ1) is 65.5. The van der Waals surface area contributed by atoms with Crippen LogP contribution in [0.15, 0.2) is 96.8 Å². The van der Waals surface area contributed by atoms with Crippen LogP contribution in [0.4, 0.5) is 0 Å². The van der Waals surface area contributed by atoms with Gasteiger partial charge >= 0.3 is 0 Å². The molecule has 9 nitrogen and oxygen atoms in total. The third kappa shape index (κ3) is 22.7. The molecule has 0 spiro atoms. The lowest BCUT2D eigenvalue weighted by molar-refractivity contribution is -0.123. The number of ether oxygens (including phenoxy) is 2. The molecule has 1 amide bonds. The maximum absolute atomic E-state index is 13.6. The number of hydrogen-bond acceptors (Lipinski definition) is 8. The van der Waals surface area contributed by atoms with Crippen LogP contribution in [0.25, 0.3) is 16.6 Å². The molecule has 1 aromatic heterocycles. The molecule has 0 bridgehead atoms. The number of pyridine rings is 1. The van der Waals surface area contributed by atoms with Gasteiger partial charge < -0.3 is 30.7 Å². The summed E-state index contributed by atoms with van der Waals surface area (Å²) in [5.41, 5.74) is 18.9. The number of para-hydroxylation sites is 1. The van der Waals surface area contributed by atoms with E-state index >= 15 is 0 Å². The van der Waals surface area contributed by atoms with Crippen LogP contribution in [-0.4, -0.2) is 47.8 Å². The Morgan fingerprint density at radius 2 is 1.34 bits per heavy atom. The van der Waals surface area contributed by atoms with Crippen LogP contribution in [0.5, 0.6) is 0 Å². The van der Waals surface area contributed by atoms with Crippen molar-refractivity contribution in [2.75, 3.05) is 26.2 Å². The van der Waals surface area contributed by atoms with Gasteiger partial charge in [0.05, 0.1) is 34.6 Å². The minimum Gasteiger partial charge on any atom is -0.493 e. The zero-order valence-electron chi connectivity index (χ0n) is 49.1. The van der Waals surface area contributed by atoms with Gasteiger partial charge in [-0.2, -0.15) is 0 Å². The van der Waals surface area contributed by atoms with E-state index < -0.39 is 11.1 Å².